The van der Waals surface area contributed by atoms with E-state index in [-0.39, 0.29) is 11.7 Å². The van der Waals surface area contributed by atoms with E-state index in [4.69, 9.17) is 35.7 Å². The number of nitrogens with one attached hydrogen (secondary N) is 1. The van der Waals surface area contributed by atoms with Crippen LogP contribution in [0, 0.1) is 11.8 Å². The lowest BCUT2D eigenvalue weighted by molar-refractivity contribution is 0.0241. The minimum atomic E-state index is -0.978. The van der Waals surface area contributed by atoms with Gasteiger partial charge in [0.1, 0.15) is 17.0 Å². The number of H-pyrrole nitrogens is 1. The molecule has 1 fully saturated rings. The Hall–Kier alpha value is -3.89. The van der Waals surface area contributed by atoms with E-state index in [9.17, 15) is 4.79 Å². The van der Waals surface area contributed by atoms with Gasteiger partial charge in [0.2, 0.25) is 5.82 Å². The molecular weight excluding hydrogens is 530 g/mol. The van der Waals surface area contributed by atoms with Crippen LogP contribution >= 0.6 is 11.6 Å². The number of aromatic nitrogens is 7. The topological polar surface area (TPSA) is 125 Å². The average molecular weight is 560 g/mol. The number of imidazole rings is 1. The van der Waals surface area contributed by atoms with Crippen LogP contribution < -0.4 is 5.76 Å². The summed E-state index contributed by atoms with van der Waals surface area (Å²) < 4.78 is 13.6. The first-order chi connectivity index (χ1) is 19.4. The van der Waals surface area contributed by atoms with Crippen LogP contribution in [0.15, 0.2) is 57.9 Å². The Bertz CT molecular complexity index is 1710. The summed E-state index contributed by atoms with van der Waals surface area (Å²) in [6.07, 6.45) is 6.37. The zero-order valence-corrected chi connectivity index (χ0v) is 23.4. The van der Waals surface area contributed by atoms with Gasteiger partial charge in [0.15, 0.2) is 11.2 Å². The molecule has 0 bridgehead atoms. The molecule has 10 nitrogen and oxygen atoms in total. The second kappa shape index (κ2) is 10.6. The third kappa shape index (κ3) is 4.82. The van der Waals surface area contributed by atoms with E-state index in [1.54, 1.807) is 13.3 Å². The summed E-state index contributed by atoms with van der Waals surface area (Å²) in [7, 11) is 1.66. The molecule has 40 heavy (non-hydrogen) atoms. The average Bonchev–Trinajstić information content (AvgIpc) is 3.57. The number of methoxy groups -OCH3 is 1. The highest BCUT2D eigenvalue weighted by Gasteiger charge is 2.38. The van der Waals surface area contributed by atoms with Crippen molar-refractivity contribution in [1.29, 1.82) is 0 Å². The molecule has 1 atom stereocenters. The van der Waals surface area contributed by atoms with Gasteiger partial charge in [-0.05, 0) is 55.9 Å². The highest BCUT2D eigenvalue weighted by atomic mass is 35.5. The second-order valence-electron chi connectivity index (χ2n) is 10.6. The maximum atomic E-state index is 11.8. The Morgan fingerprint density at radius 3 is 2.62 bits per heavy atom. The summed E-state index contributed by atoms with van der Waals surface area (Å²) in [4.78, 5) is 31.0. The zero-order chi connectivity index (χ0) is 27.9. The van der Waals surface area contributed by atoms with Gasteiger partial charge in [-0.1, -0.05) is 49.6 Å². The number of ether oxygens (including phenoxy) is 1. The standard InChI is InChI=1S/C29H30ClN7O3/c1-17-10-12-18(13-11-17)16-37-23-22(19-7-6-8-20(30)15-19)32-25(26-35-36-28(38)40-26)33-24(23)34-27(37)29(2,39-3)21-9-4-5-14-31-21/h4-9,14-15,17-18H,10-13,16H2,1-3H3,(H,36,38). The Balaban J connectivity index is 1.64. The smallest absolute Gasteiger partial charge is 0.384 e. The maximum Gasteiger partial charge on any atom is 0.434 e. The number of fused-ring (bicyclic) bond motifs is 1. The van der Waals surface area contributed by atoms with Crippen LogP contribution in [0.2, 0.25) is 5.02 Å². The molecule has 4 heterocycles. The summed E-state index contributed by atoms with van der Waals surface area (Å²) >= 11 is 6.42. The fourth-order valence-electron chi connectivity index (χ4n) is 5.56. The van der Waals surface area contributed by atoms with Gasteiger partial charge < -0.3 is 13.7 Å². The monoisotopic (exact) mass is 559 g/mol. The van der Waals surface area contributed by atoms with Gasteiger partial charge in [0.05, 0.1) is 5.69 Å². The molecule has 1 aliphatic rings. The predicted octanol–water partition coefficient (Wildman–Crippen LogP) is 5.62. The second-order valence-corrected chi connectivity index (χ2v) is 11.1. The van der Waals surface area contributed by atoms with Crippen molar-refractivity contribution in [2.24, 2.45) is 11.8 Å². The van der Waals surface area contributed by atoms with Crippen LogP contribution in [0.4, 0.5) is 0 Å². The van der Waals surface area contributed by atoms with Crippen LogP contribution in [0.1, 0.15) is 51.0 Å². The SMILES string of the molecule is COC(C)(c1ccccn1)c1nc2nc(-c3n[nH]c(=O)o3)nc(-c3cccc(Cl)c3)c2n1CC1CCC(C)CC1. The number of hydrogen-bond donors (Lipinski definition) is 1. The van der Waals surface area contributed by atoms with Crippen molar-refractivity contribution in [2.45, 2.75) is 51.7 Å². The number of halogens is 1. The number of nitrogens with zero attached hydrogens (tertiary/aromatic N) is 6. The fraction of sp³-hybridized carbons (Fsp3) is 0.379. The van der Waals surface area contributed by atoms with Gasteiger partial charge in [0.25, 0.3) is 5.89 Å². The van der Waals surface area contributed by atoms with E-state index < -0.39 is 11.4 Å². The van der Waals surface area contributed by atoms with Gasteiger partial charge in [-0.15, -0.1) is 5.10 Å². The first-order valence-electron chi connectivity index (χ1n) is 13.4. The summed E-state index contributed by atoms with van der Waals surface area (Å²) in [6, 6.07) is 13.2. The van der Waals surface area contributed by atoms with Crippen LogP contribution in [0.3, 0.4) is 0 Å². The predicted molar refractivity (Wildman–Crippen MR) is 151 cm³/mol. The van der Waals surface area contributed by atoms with E-state index in [0.717, 1.165) is 42.1 Å². The lowest BCUT2D eigenvalue weighted by Gasteiger charge is -2.31. The van der Waals surface area contributed by atoms with Crippen LogP contribution in [-0.2, 0) is 16.9 Å². The molecule has 206 valence electrons. The minimum absolute atomic E-state index is 0.0215. The molecule has 1 N–H and O–H groups in total. The first-order valence-corrected chi connectivity index (χ1v) is 13.8. The van der Waals surface area contributed by atoms with Crippen LogP contribution in [-0.4, -0.2) is 41.8 Å². The van der Waals surface area contributed by atoms with Crippen LogP contribution in [0.25, 0.3) is 34.1 Å². The van der Waals surface area contributed by atoms with Crippen molar-refractivity contribution in [1.82, 2.24) is 34.7 Å². The molecular formula is C29H30ClN7O3. The Kier molecular flexibility index (Phi) is 6.97. The Labute approximate surface area is 235 Å². The largest absolute Gasteiger partial charge is 0.434 e. The van der Waals surface area contributed by atoms with E-state index in [0.29, 0.717) is 28.1 Å². The Morgan fingerprint density at radius 2 is 1.95 bits per heavy atom. The molecule has 1 aliphatic carbocycles. The lowest BCUT2D eigenvalue weighted by atomic mass is 9.83. The number of pyridine rings is 1. The zero-order valence-electron chi connectivity index (χ0n) is 22.6. The molecule has 6 rings (SSSR count). The van der Waals surface area contributed by atoms with Gasteiger partial charge in [-0.3, -0.25) is 4.98 Å². The van der Waals surface area contributed by atoms with Crippen molar-refractivity contribution in [3.05, 3.63) is 75.8 Å². The lowest BCUT2D eigenvalue weighted by Crippen LogP contribution is -2.32. The Morgan fingerprint density at radius 1 is 1.12 bits per heavy atom. The first kappa shape index (κ1) is 26.3. The van der Waals surface area contributed by atoms with Crippen molar-refractivity contribution in [2.75, 3.05) is 7.11 Å². The quantitative estimate of drug-likeness (QED) is 0.272. The molecule has 1 aromatic carbocycles. The molecule has 0 spiro atoms. The summed E-state index contributed by atoms with van der Waals surface area (Å²) in [6.45, 7) is 5.01. The fourth-order valence-corrected chi connectivity index (χ4v) is 5.75. The highest BCUT2D eigenvalue weighted by molar-refractivity contribution is 6.30. The van der Waals surface area contributed by atoms with Crippen molar-refractivity contribution in [3.63, 3.8) is 0 Å². The molecule has 1 unspecified atom stereocenters. The highest BCUT2D eigenvalue weighted by Crippen LogP contribution is 2.39. The van der Waals surface area contributed by atoms with Crippen molar-refractivity contribution < 1.29 is 9.15 Å². The number of hydrogen-bond acceptors (Lipinski definition) is 8. The number of benzene rings is 1. The van der Waals surface area contributed by atoms with E-state index in [1.165, 1.54) is 12.8 Å². The third-order valence-electron chi connectivity index (χ3n) is 7.90. The summed E-state index contributed by atoms with van der Waals surface area (Å²) in [5.74, 6) is 1.27. The van der Waals surface area contributed by atoms with Crippen molar-refractivity contribution >= 4 is 22.8 Å². The third-order valence-corrected chi connectivity index (χ3v) is 8.13. The molecule has 0 amide bonds. The molecule has 4 aromatic heterocycles. The minimum Gasteiger partial charge on any atom is -0.384 e. The molecule has 0 radical (unpaired) electrons. The van der Waals surface area contributed by atoms with Gasteiger partial charge in [-0.2, -0.15) is 0 Å². The molecule has 1 saturated carbocycles. The summed E-state index contributed by atoms with van der Waals surface area (Å²) in [5.41, 5.74) is 2.31. The number of aromatic amines is 1. The normalized spacial score (nSPS) is 19.1. The maximum absolute atomic E-state index is 11.8. The number of rotatable bonds is 7. The molecule has 11 heteroatoms. The van der Waals surface area contributed by atoms with Crippen LogP contribution in [0.5, 0.6) is 0 Å². The van der Waals surface area contributed by atoms with Gasteiger partial charge in [-0.25, -0.2) is 24.8 Å². The molecule has 0 saturated heterocycles. The van der Waals surface area contributed by atoms with E-state index in [1.807, 2.05) is 49.4 Å². The van der Waals surface area contributed by atoms with Gasteiger partial charge >= 0.3 is 5.76 Å². The summed E-state index contributed by atoms with van der Waals surface area (Å²) in [5, 5.41) is 6.82. The molecule has 0 aliphatic heterocycles. The van der Waals surface area contributed by atoms with Crippen molar-refractivity contribution in [3.8, 4) is 23.0 Å². The molecule has 5 aromatic rings. The van der Waals surface area contributed by atoms with Gasteiger partial charge in [0, 0.05) is 30.4 Å². The van der Waals surface area contributed by atoms with E-state index >= 15 is 0 Å². The van der Waals surface area contributed by atoms with E-state index in [2.05, 4.69) is 26.7 Å².